The van der Waals surface area contributed by atoms with Gasteiger partial charge < -0.3 is 0 Å². The lowest BCUT2D eigenvalue weighted by atomic mass is 9.76. The lowest BCUT2D eigenvalue weighted by molar-refractivity contribution is -0.197. The van der Waals surface area contributed by atoms with Gasteiger partial charge in [-0.3, -0.25) is 4.79 Å². The largest absolute Gasteiger partial charge is 0.392 e. The zero-order valence-corrected chi connectivity index (χ0v) is 11.4. The lowest BCUT2D eigenvalue weighted by Crippen LogP contribution is -2.38. The van der Waals surface area contributed by atoms with E-state index in [0.29, 0.717) is 31.6 Å². The van der Waals surface area contributed by atoms with Gasteiger partial charge in [0.15, 0.2) is 0 Å². The minimum atomic E-state index is -4.29. The molecule has 0 N–H and O–H groups in total. The van der Waals surface area contributed by atoms with Crippen LogP contribution in [0.2, 0.25) is 0 Å². The molecule has 1 heterocycles. The van der Waals surface area contributed by atoms with Crippen LogP contribution in [0.15, 0.2) is 6.33 Å². The predicted octanol–water partition coefficient (Wildman–Crippen LogP) is 2.78. The summed E-state index contributed by atoms with van der Waals surface area (Å²) in [5.74, 6) is -2.34. The van der Waals surface area contributed by atoms with E-state index in [1.807, 2.05) is 6.92 Å². The van der Waals surface area contributed by atoms with E-state index in [4.69, 9.17) is 0 Å². The number of hydrogen-bond acceptors (Lipinski definition) is 3. The molecule has 1 aliphatic rings. The second-order valence-electron chi connectivity index (χ2n) is 5.17. The molecule has 7 heteroatoms. The molecule has 20 heavy (non-hydrogen) atoms. The van der Waals surface area contributed by atoms with Crippen molar-refractivity contribution in [3.05, 3.63) is 12.2 Å². The van der Waals surface area contributed by atoms with Crippen LogP contribution in [0.25, 0.3) is 0 Å². The Balaban J connectivity index is 2.10. The highest BCUT2D eigenvalue weighted by Gasteiger charge is 2.47. The van der Waals surface area contributed by atoms with E-state index in [0.717, 1.165) is 0 Å². The summed E-state index contributed by atoms with van der Waals surface area (Å²) in [5.41, 5.74) is 0. The molecular weight excluding hydrogens is 271 g/mol. The first kappa shape index (κ1) is 15.0. The average Bonchev–Trinajstić information content (AvgIpc) is 2.85. The number of nitrogens with zero attached hydrogens (tertiary/aromatic N) is 3. The summed E-state index contributed by atoms with van der Waals surface area (Å²) in [4.78, 5) is 16.2. The van der Waals surface area contributed by atoms with Crippen LogP contribution in [-0.4, -0.2) is 26.7 Å². The minimum Gasteiger partial charge on any atom is -0.299 e. The summed E-state index contributed by atoms with van der Waals surface area (Å²) in [6.07, 6.45) is -1.43. The Labute approximate surface area is 115 Å². The molecule has 0 aromatic carbocycles. The summed E-state index contributed by atoms with van der Waals surface area (Å²) < 4.78 is 40.5. The van der Waals surface area contributed by atoms with Crippen molar-refractivity contribution in [3.63, 3.8) is 0 Å². The van der Waals surface area contributed by atoms with Crippen molar-refractivity contribution < 1.29 is 18.0 Å². The molecule has 0 amide bonds. The van der Waals surface area contributed by atoms with Crippen molar-refractivity contribution in [2.45, 2.75) is 51.7 Å². The number of aryl methyl sites for hydroxylation is 1. The fourth-order valence-electron chi connectivity index (χ4n) is 2.88. The molecule has 1 aromatic heterocycles. The highest BCUT2D eigenvalue weighted by Crippen LogP contribution is 2.42. The van der Waals surface area contributed by atoms with Gasteiger partial charge in [-0.05, 0) is 19.8 Å². The number of hydrogen-bond donors (Lipinski definition) is 0. The van der Waals surface area contributed by atoms with Gasteiger partial charge in [0.05, 0.1) is 12.3 Å². The SMILES string of the molecule is CCn1ncnc1CC(=O)C1CCCCC1C(F)(F)F. The van der Waals surface area contributed by atoms with E-state index >= 15 is 0 Å². The van der Waals surface area contributed by atoms with Crippen molar-refractivity contribution in [2.24, 2.45) is 11.8 Å². The van der Waals surface area contributed by atoms with Crippen LogP contribution in [0.3, 0.4) is 0 Å². The molecule has 2 rings (SSSR count). The third-order valence-electron chi connectivity index (χ3n) is 3.93. The first-order chi connectivity index (χ1) is 9.43. The standard InChI is InChI=1S/C13H18F3N3O/c1-2-19-12(17-8-18-19)7-11(20)9-5-3-4-6-10(9)13(14,15)16/h8-10H,2-7H2,1H3. The Morgan fingerprint density at radius 3 is 2.75 bits per heavy atom. The zero-order chi connectivity index (χ0) is 14.8. The Bertz CT molecular complexity index is 470. The van der Waals surface area contributed by atoms with Gasteiger partial charge in [0, 0.05) is 12.5 Å². The van der Waals surface area contributed by atoms with Gasteiger partial charge in [0.2, 0.25) is 0 Å². The maximum Gasteiger partial charge on any atom is 0.392 e. The fourth-order valence-corrected chi connectivity index (χ4v) is 2.88. The number of ketones is 1. The number of halogens is 3. The maximum absolute atomic E-state index is 13.0. The van der Waals surface area contributed by atoms with E-state index in [9.17, 15) is 18.0 Å². The average molecular weight is 289 g/mol. The quantitative estimate of drug-likeness (QED) is 0.856. The zero-order valence-electron chi connectivity index (χ0n) is 11.4. The Morgan fingerprint density at radius 2 is 2.10 bits per heavy atom. The molecule has 0 bridgehead atoms. The third kappa shape index (κ3) is 3.19. The van der Waals surface area contributed by atoms with Crippen LogP contribution >= 0.6 is 0 Å². The smallest absolute Gasteiger partial charge is 0.299 e. The van der Waals surface area contributed by atoms with Crippen LogP contribution in [0.4, 0.5) is 13.2 Å². The van der Waals surface area contributed by atoms with Crippen molar-refractivity contribution in [1.29, 1.82) is 0 Å². The Morgan fingerprint density at radius 1 is 1.40 bits per heavy atom. The summed E-state index contributed by atoms with van der Waals surface area (Å²) >= 11 is 0. The highest BCUT2D eigenvalue weighted by atomic mass is 19.4. The fraction of sp³-hybridized carbons (Fsp3) is 0.769. The Kier molecular flexibility index (Phi) is 4.45. The molecule has 2 atom stereocenters. The van der Waals surface area contributed by atoms with Crippen LogP contribution in [0.1, 0.15) is 38.4 Å². The van der Waals surface area contributed by atoms with Crippen molar-refractivity contribution >= 4 is 5.78 Å². The molecule has 1 fully saturated rings. The van der Waals surface area contributed by atoms with E-state index in [1.165, 1.54) is 6.33 Å². The number of Topliss-reactive ketones (excluding diaryl/α,β-unsaturated/α-hetero) is 1. The van der Waals surface area contributed by atoms with Crippen molar-refractivity contribution in [2.75, 3.05) is 0 Å². The number of carbonyl (C=O) groups excluding carboxylic acids is 1. The van der Waals surface area contributed by atoms with Gasteiger partial charge in [-0.2, -0.15) is 18.3 Å². The number of rotatable bonds is 4. The lowest BCUT2D eigenvalue weighted by Gasteiger charge is -2.31. The monoisotopic (exact) mass is 289 g/mol. The van der Waals surface area contributed by atoms with Crippen LogP contribution in [0.5, 0.6) is 0 Å². The highest BCUT2D eigenvalue weighted by molar-refractivity contribution is 5.83. The van der Waals surface area contributed by atoms with E-state index in [2.05, 4.69) is 10.1 Å². The predicted molar refractivity (Wildman–Crippen MR) is 65.9 cm³/mol. The topological polar surface area (TPSA) is 47.8 Å². The van der Waals surface area contributed by atoms with Crippen LogP contribution in [-0.2, 0) is 17.8 Å². The molecule has 1 aromatic rings. The van der Waals surface area contributed by atoms with Crippen LogP contribution < -0.4 is 0 Å². The summed E-state index contributed by atoms with van der Waals surface area (Å²) in [5, 5.41) is 3.93. The van der Waals surface area contributed by atoms with Gasteiger partial charge in [-0.1, -0.05) is 12.8 Å². The molecule has 0 aliphatic heterocycles. The molecule has 112 valence electrons. The second kappa shape index (κ2) is 5.93. The first-order valence-electron chi connectivity index (χ1n) is 6.89. The first-order valence-corrected chi connectivity index (χ1v) is 6.89. The molecule has 0 spiro atoms. The normalized spacial score (nSPS) is 23.8. The molecule has 4 nitrogen and oxygen atoms in total. The third-order valence-corrected chi connectivity index (χ3v) is 3.93. The molecule has 1 aliphatic carbocycles. The van der Waals surface area contributed by atoms with Gasteiger partial charge in [-0.15, -0.1) is 0 Å². The van der Waals surface area contributed by atoms with Gasteiger partial charge in [0.1, 0.15) is 17.9 Å². The van der Waals surface area contributed by atoms with Gasteiger partial charge >= 0.3 is 6.18 Å². The van der Waals surface area contributed by atoms with E-state index in [1.54, 1.807) is 4.68 Å². The van der Waals surface area contributed by atoms with E-state index < -0.39 is 18.0 Å². The summed E-state index contributed by atoms with van der Waals surface area (Å²) in [6.45, 7) is 2.40. The number of alkyl halides is 3. The minimum absolute atomic E-state index is 0.0559. The molecule has 1 saturated carbocycles. The van der Waals surface area contributed by atoms with Crippen molar-refractivity contribution in [1.82, 2.24) is 14.8 Å². The molecule has 0 radical (unpaired) electrons. The molecule has 0 saturated heterocycles. The number of carbonyl (C=O) groups is 1. The molecular formula is C13H18F3N3O. The van der Waals surface area contributed by atoms with Gasteiger partial charge in [-0.25, -0.2) is 9.67 Å². The summed E-state index contributed by atoms with van der Waals surface area (Å²) in [7, 11) is 0. The van der Waals surface area contributed by atoms with E-state index in [-0.39, 0.29) is 18.6 Å². The molecule has 2 unspecified atom stereocenters. The number of aromatic nitrogens is 3. The van der Waals surface area contributed by atoms with Crippen molar-refractivity contribution in [3.8, 4) is 0 Å². The summed E-state index contributed by atoms with van der Waals surface area (Å²) in [6, 6.07) is 0. The van der Waals surface area contributed by atoms with Crippen LogP contribution in [0, 0.1) is 11.8 Å². The maximum atomic E-state index is 13.0. The van der Waals surface area contributed by atoms with Gasteiger partial charge in [0.25, 0.3) is 0 Å². The Hall–Kier alpha value is -1.40. The second-order valence-corrected chi connectivity index (χ2v) is 5.17.